The van der Waals surface area contributed by atoms with Gasteiger partial charge in [0, 0.05) is 23.7 Å². The number of nitrogens with zero attached hydrogens (tertiary/aromatic N) is 4. The zero-order valence-electron chi connectivity index (χ0n) is 21.7. The van der Waals surface area contributed by atoms with Gasteiger partial charge < -0.3 is 14.6 Å². The van der Waals surface area contributed by atoms with Crippen molar-refractivity contribution in [2.24, 2.45) is 0 Å². The Hall–Kier alpha value is -3.37. The van der Waals surface area contributed by atoms with E-state index in [0.717, 1.165) is 18.6 Å². The Bertz CT molecular complexity index is 1370. The van der Waals surface area contributed by atoms with E-state index in [2.05, 4.69) is 11.9 Å². The highest BCUT2D eigenvalue weighted by molar-refractivity contribution is 7.99. The van der Waals surface area contributed by atoms with E-state index in [1.807, 2.05) is 6.07 Å². The molecule has 0 radical (unpaired) electrons. The number of carbonyl (C=O) groups excluding carboxylic acids is 2. The van der Waals surface area contributed by atoms with Crippen LogP contribution in [0.1, 0.15) is 58.2 Å². The molecule has 9 nitrogen and oxygen atoms in total. The van der Waals surface area contributed by atoms with Crippen molar-refractivity contribution in [2.45, 2.75) is 57.8 Å². The quantitative estimate of drug-likeness (QED) is 0.123. The molecule has 3 aromatic rings. The number of methoxy groups -OCH3 is 1. The number of thioether (sulfide) groups is 1. The predicted octanol–water partition coefficient (Wildman–Crippen LogP) is 4.68. The molecule has 0 bridgehead atoms. The average Bonchev–Trinajstić information content (AvgIpc) is 2.92. The lowest BCUT2D eigenvalue weighted by Crippen LogP contribution is -2.59. The molecule has 0 saturated heterocycles. The monoisotopic (exact) mass is 556 g/mol. The van der Waals surface area contributed by atoms with Crippen LogP contribution in [0.5, 0.6) is 17.4 Å². The highest BCUT2D eigenvalue weighted by Crippen LogP contribution is 2.44. The van der Waals surface area contributed by atoms with E-state index in [1.165, 1.54) is 18.9 Å². The average molecular weight is 557 g/mol. The van der Waals surface area contributed by atoms with Crippen LogP contribution in [0.25, 0.3) is 11.3 Å². The summed E-state index contributed by atoms with van der Waals surface area (Å²) in [6.45, 7) is 5.53. The van der Waals surface area contributed by atoms with Crippen LogP contribution in [-0.2, 0) is 9.59 Å². The summed E-state index contributed by atoms with van der Waals surface area (Å²) in [7, 11) is 1.44. The zero-order valence-corrected chi connectivity index (χ0v) is 23.3. The van der Waals surface area contributed by atoms with Crippen molar-refractivity contribution in [3.63, 3.8) is 0 Å². The first-order valence-corrected chi connectivity index (χ1v) is 13.8. The number of carbonyl (C=O) groups is 2. The SMILES string of the molecule is CCCCSc1nc([O-])c2[n+](n1)C(c1cc(Cl)c(OC(=O)CC)c(OC)c1)N(C(=O)CC)c1ccccc1-2. The standard InChI is InChI=1S/C27H29ClN4O5S/c1-5-8-13-38-27-29-25(35)23-17-11-9-10-12-19(17)31(21(33)6-2)26(32(23)30-27)16-14-18(28)24(20(15-16)36-4)37-22(34)7-3/h9-12,14-15,26H,5-8,13H2,1-4H3. The molecule has 1 aromatic heterocycles. The number of aromatic nitrogens is 3. The molecule has 0 aliphatic carbocycles. The topological polar surface area (TPSA) is 109 Å². The number of hydrogen-bond acceptors (Lipinski definition) is 8. The van der Waals surface area contributed by atoms with Crippen molar-refractivity contribution in [2.75, 3.05) is 17.8 Å². The number of ether oxygens (including phenoxy) is 2. The van der Waals surface area contributed by atoms with E-state index >= 15 is 0 Å². The molecule has 11 heteroatoms. The Morgan fingerprint density at radius 2 is 1.95 bits per heavy atom. The lowest BCUT2D eigenvalue weighted by Gasteiger charge is -2.33. The molecule has 200 valence electrons. The van der Waals surface area contributed by atoms with Crippen LogP contribution in [0.2, 0.25) is 5.02 Å². The van der Waals surface area contributed by atoms with Crippen LogP contribution in [0, 0.1) is 0 Å². The van der Waals surface area contributed by atoms with Gasteiger partial charge in [0.15, 0.2) is 11.5 Å². The van der Waals surface area contributed by atoms with E-state index < -0.39 is 18.0 Å². The number of hydrogen-bond donors (Lipinski definition) is 0. The number of anilines is 1. The lowest BCUT2D eigenvalue weighted by atomic mass is 10.0. The first-order chi connectivity index (χ1) is 18.3. The smallest absolute Gasteiger partial charge is 0.311 e. The summed E-state index contributed by atoms with van der Waals surface area (Å²) in [5.74, 6) is -0.0269. The van der Waals surface area contributed by atoms with Gasteiger partial charge in [-0.15, -0.1) is 0 Å². The van der Waals surface area contributed by atoms with Gasteiger partial charge in [-0.1, -0.05) is 67.4 Å². The summed E-state index contributed by atoms with van der Waals surface area (Å²) in [5.41, 5.74) is 1.91. The summed E-state index contributed by atoms with van der Waals surface area (Å²) in [4.78, 5) is 31.3. The molecule has 2 heterocycles. The van der Waals surface area contributed by atoms with Crippen molar-refractivity contribution in [1.29, 1.82) is 0 Å². The van der Waals surface area contributed by atoms with Gasteiger partial charge in [-0.3, -0.25) is 9.59 Å². The number of fused-ring (bicyclic) bond motifs is 3. The Kier molecular flexibility index (Phi) is 8.73. The summed E-state index contributed by atoms with van der Waals surface area (Å²) >= 11 is 7.99. The first-order valence-electron chi connectivity index (χ1n) is 12.5. The summed E-state index contributed by atoms with van der Waals surface area (Å²) < 4.78 is 12.5. The molecule has 38 heavy (non-hydrogen) atoms. The van der Waals surface area contributed by atoms with E-state index in [4.69, 9.17) is 26.2 Å². The Morgan fingerprint density at radius 3 is 2.63 bits per heavy atom. The van der Waals surface area contributed by atoms with Gasteiger partial charge in [0.1, 0.15) is 0 Å². The van der Waals surface area contributed by atoms with Crippen LogP contribution in [0.3, 0.4) is 0 Å². The van der Waals surface area contributed by atoms with Crippen LogP contribution >= 0.6 is 23.4 Å². The molecule has 4 rings (SSSR count). The Balaban J connectivity index is 1.97. The fraction of sp³-hybridized carbons (Fsp3) is 0.370. The Morgan fingerprint density at radius 1 is 1.18 bits per heavy atom. The molecule has 0 N–H and O–H groups in total. The number of unbranched alkanes of at least 4 members (excludes halogenated alkanes) is 1. The van der Waals surface area contributed by atoms with E-state index in [9.17, 15) is 14.7 Å². The maximum Gasteiger partial charge on any atom is 0.311 e. The molecular formula is C27H29ClN4O5S. The predicted molar refractivity (Wildman–Crippen MR) is 143 cm³/mol. The molecule has 0 fully saturated rings. The zero-order chi connectivity index (χ0) is 27.4. The van der Waals surface area contributed by atoms with Crippen molar-refractivity contribution < 1.29 is 28.9 Å². The normalized spacial score (nSPS) is 14.0. The summed E-state index contributed by atoms with van der Waals surface area (Å²) in [6, 6.07) is 10.4. The second-order valence-electron chi connectivity index (χ2n) is 8.56. The molecule has 1 amide bonds. The van der Waals surface area contributed by atoms with Gasteiger partial charge in [0.2, 0.25) is 5.91 Å². The van der Waals surface area contributed by atoms with Gasteiger partial charge in [0.05, 0.1) is 34.8 Å². The van der Waals surface area contributed by atoms with Crippen molar-refractivity contribution in [3.8, 4) is 28.6 Å². The van der Waals surface area contributed by atoms with Gasteiger partial charge in [0.25, 0.3) is 17.0 Å². The van der Waals surface area contributed by atoms with Crippen LogP contribution in [-0.4, -0.2) is 34.8 Å². The third-order valence-electron chi connectivity index (χ3n) is 6.07. The highest BCUT2D eigenvalue weighted by Gasteiger charge is 2.45. The van der Waals surface area contributed by atoms with Crippen LogP contribution in [0.15, 0.2) is 41.6 Å². The molecule has 1 aliphatic rings. The second kappa shape index (κ2) is 12.0. The third kappa shape index (κ3) is 5.28. The summed E-state index contributed by atoms with van der Waals surface area (Å²) in [6.07, 6.45) is 1.45. The second-order valence-corrected chi connectivity index (χ2v) is 10.0. The molecule has 1 unspecified atom stereocenters. The van der Waals surface area contributed by atoms with Crippen LogP contribution < -0.4 is 24.2 Å². The maximum atomic E-state index is 13.4. The van der Waals surface area contributed by atoms with Gasteiger partial charge in [-0.25, -0.2) is 9.88 Å². The minimum Gasteiger partial charge on any atom is -0.854 e. The minimum atomic E-state index is -0.865. The molecular weight excluding hydrogens is 528 g/mol. The summed E-state index contributed by atoms with van der Waals surface area (Å²) in [5, 5.41) is 18.6. The van der Waals surface area contributed by atoms with Crippen molar-refractivity contribution >= 4 is 40.9 Å². The third-order valence-corrected chi connectivity index (χ3v) is 7.28. The van der Waals surface area contributed by atoms with Crippen molar-refractivity contribution in [1.82, 2.24) is 10.1 Å². The Labute approximate surface area is 230 Å². The lowest BCUT2D eigenvalue weighted by molar-refractivity contribution is -0.764. The molecule has 1 atom stereocenters. The molecule has 2 aromatic carbocycles. The maximum absolute atomic E-state index is 13.4. The first kappa shape index (κ1) is 27.7. The number of halogens is 1. The highest BCUT2D eigenvalue weighted by atomic mass is 35.5. The van der Waals surface area contributed by atoms with E-state index in [0.29, 0.717) is 22.0 Å². The van der Waals surface area contributed by atoms with Crippen molar-refractivity contribution in [3.05, 3.63) is 47.0 Å². The number of amides is 1. The van der Waals surface area contributed by atoms with Gasteiger partial charge >= 0.3 is 5.97 Å². The number of para-hydroxylation sites is 1. The molecule has 0 spiro atoms. The molecule has 0 saturated carbocycles. The van der Waals surface area contributed by atoms with Gasteiger partial charge in [-0.2, -0.15) is 0 Å². The fourth-order valence-electron chi connectivity index (χ4n) is 4.22. The number of benzene rings is 2. The van der Waals surface area contributed by atoms with Crippen LogP contribution in [0.4, 0.5) is 5.69 Å². The molecule has 1 aliphatic heterocycles. The largest absolute Gasteiger partial charge is 0.854 e. The number of esters is 1. The van der Waals surface area contributed by atoms with E-state index in [1.54, 1.807) is 53.8 Å². The van der Waals surface area contributed by atoms with Gasteiger partial charge in [-0.05, 0) is 30.7 Å². The van der Waals surface area contributed by atoms with E-state index in [-0.39, 0.29) is 41.0 Å². The fourth-order valence-corrected chi connectivity index (χ4v) is 5.38. The minimum absolute atomic E-state index is 0.0857. The number of rotatable bonds is 9.